The summed E-state index contributed by atoms with van der Waals surface area (Å²) in [6, 6.07) is 6.45. The summed E-state index contributed by atoms with van der Waals surface area (Å²) in [5.74, 6) is 0. The number of rotatable bonds is 4. The molecule has 1 rings (SSSR count). The zero-order chi connectivity index (χ0) is 13.3. The third-order valence-electron chi connectivity index (χ3n) is 2.01. The Hall–Kier alpha value is -0.940. The Balaban J connectivity index is 0.000000437. The highest BCUT2D eigenvalue weighted by Crippen LogP contribution is 1.96. The van der Waals surface area contributed by atoms with Crippen molar-refractivity contribution in [3.8, 4) is 0 Å². The summed E-state index contributed by atoms with van der Waals surface area (Å²) in [6.07, 6.45) is 6.53. The lowest BCUT2D eigenvalue weighted by Gasteiger charge is -2.00. The predicted octanol–water partition coefficient (Wildman–Crippen LogP) is 1.84. The molecule has 0 fully saturated rings. The average Bonchev–Trinajstić information content (AvgIpc) is 2.19. The summed E-state index contributed by atoms with van der Waals surface area (Å²) in [5, 5.41) is 0. The summed E-state index contributed by atoms with van der Waals surface area (Å²) >= 11 is 0. The van der Waals surface area contributed by atoms with E-state index in [1.54, 1.807) is 0 Å². The number of hydrogen-bond acceptors (Lipinski definition) is 2. The molecule has 0 saturated carbocycles. The molecule has 0 bridgehead atoms. The van der Waals surface area contributed by atoms with Gasteiger partial charge in [0, 0.05) is 25.0 Å². The Morgan fingerprint density at radius 2 is 1.82 bits per heavy atom. The van der Waals surface area contributed by atoms with Crippen molar-refractivity contribution in [2.45, 2.75) is 39.7 Å². The van der Waals surface area contributed by atoms with Crippen LogP contribution in [0.5, 0.6) is 0 Å². The largest absolute Gasteiger partial charge is 0.286 e. The zero-order valence-electron chi connectivity index (χ0n) is 10.8. The molecule has 0 atom stereocenters. The van der Waals surface area contributed by atoms with Crippen LogP contribution in [0.3, 0.4) is 0 Å². The van der Waals surface area contributed by atoms with Crippen molar-refractivity contribution in [1.29, 1.82) is 0 Å². The van der Waals surface area contributed by atoms with Crippen LogP contribution in [0, 0.1) is 0 Å². The van der Waals surface area contributed by atoms with Gasteiger partial charge in [-0.05, 0) is 6.42 Å². The van der Waals surface area contributed by atoms with Gasteiger partial charge >= 0.3 is 0 Å². The quantitative estimate of drug-likeness (QED) is 0.664. The summed E-state index contributed by atoms with van der Waals surface area (Å²) < 4.78 is 28.2. The summed E-state index contributed by atoms with van der Waals surface area (Å²) in [4.78, 5) is 0. The molecule has 17 heavy (non-hydrogen) atoms. The van der Waals surface area contributed by atoms with Crippen molar-refractivity contribution in [3.63, 3.8) is 0 Å². The van der Waals surface area contributed by atoms with E-state index in [1.165, 1.54) is 25.0 Å². The van der Waals surface area contributed by atoms with Crippen molar-refractivity contribution in [2.75, 3.05) is 6.26 Å². The monoisotopic (exact) mass is 260 g/mol. The molecule has 5 heteroatoms. The van der Waals surface area contributed by atoms with E-state index >= 15 is 0 Å². The molecule has 0 aromatic carbocycles. The van der Waals surface area contributed by atoms with E-state index < -0.39 is 10.1 Å². The maximum absolute atomic E-state index is 9.19. The van der Waals surface area contributed by atoms with E-state index in [1.807, 2.05) is 0 Å². The van der Waals surface area contributed by atoms with E-state index in [2.05, 4.69) is 42.8 Å². The molecule has 98 valence electrons. The van der Waals surface area contributed by atoms with Crippen LogP contribution < -0.4 is 4.57 Å². The first-order chi connectivity index (χ1) is 7.88. The molecule has 0 aliphatic carbocycles. The van der Waals surface area contributed by atoms with Gasteiger partial charge in [0.05, 0.1) is 6.26 Å². The van der Waals surface area contributed by atoms with Gasteiger partial charge in [0.2, 0.25) is 0 Å². The Bertz CT molecular complexity index is 383. The number of pyridine rings is 1. The molecule has 0 aliphatic rings. The summed E-state index contributed by atoms with van der Waals surface area (Å²) in [7, 11) is -3.67. The second-order valence-electron chi connectivity index (χ2n) is 3.87. The smallest absolute Gasteiger partial charge is 0.261 e. The molecule has 0 amide bonds. The van der Waals surface area contributed by atoms with Crippen molar-refractivity contribution < 1.29 is 17.5 Å². The van der Waals surface area contributed by atoms with Crippen LogP contribution in [-0.4, -0.2) is 19.2 Å². The van der Waals surface area contributed by atoms with Gasteiger partial charge < -0.3 is 0 Å². The highest BCUT2D eigenvalue weighted by Gasteiger charge is 2.05. The van der Waals surface area contributed by atoms with Gasteiger partial charge in [0.25, 0.3) is 10.1 Å². The topological polar surface area (TPSA) is 58.2 Å². The number of aromatic nitrogens is 1. The van der Waals surface area contributed by atoms with Gasteiger partial charge in [-0.1, -0.05) is 19.9 Å². The Kier molecular flexibility index (Phi) is 7.74. The third-order valence-corrected chi connectivity index (χ3v) is 2.01. The van der Waals surface area contributed by atoms with Crippen LogP contribution in [0.25, 0.3) is 0 Å². The van der Waals surface area contributed by atoms with Crippen LogP contribution in [0.4, 0.5) is 0 Å². The fraction of sp³-hybridized carbons (Fsp3) is 0.583. The molecule has 1 heterocycles. The van der Waals surface area contributed by atoms with Crippen molar-refractivity contribution in [3.05, 3.63) is 30.1 Å². The number of aryl methyl sites for hydroxylation is 2. The lowest BCUT2D eigenvalue weighted by atomic mass is 10.2. The predicted molar refractivity (Wildman–Crippen MR) is 68.4 cm³/mol. The lowest BCUT2D eigenvalue weighted by Crippen LogP contribution is -2.37. The average molecular weight is 260 g/mol. The summed E-state index contributed by atoms with van der Waals surface area (Å²) in [6.45, 7) is 5.59. The van der Waals surface area contributed by atoms with Gasteiger partial charge in [0.1, 0.15) is 6.54 Å². The first-order valence-electron chi connectivity index (χ1n) is 5.78. The highest BCUT2D eigenvalue weighted by atomic mass is 32.2. The van der Waals surface area contributed by atoms with Gasteiger partial charge in [0.15, 0.2) is 11.9 Å². The number of nitrogens with zero attached hydrogens (tertiary/aromatic N) is 1. The van der Waals surface area contributed by atoms with Crippen molar-refractivity contribution >= 4 is 10.1 Å². The van der Waals surface area contributed by atoms with Crippen LogP contribution in [0.15, 0.2) is 24.4 Å². The van der Waals surface area contributed by atoms with E-state index in [-0.39, 0.29) is 0 Å². The van der Waals surface area contributed by atoms with Crippen LogP contribution in [-0.2, 0) is 23.1 Å². The maximum atomic E-state index is 9.19. The van der Waals surface area contributed by atoms with E-state index in [9.17, 15) is 8.42 Å². The minimum atomic E-state index is -3.67. The molecule has 0 saturated heterocycles. The van der Waals surface area contributed by atoms with Crippen LogP contribution in [0.2, 0.25) is 0 Å². The summed E-state index contributed by atoms with van der Waals surface area (Å²) in [5.41, 5.74) is 1.46. The Labute approximate surface area is 104 Å². The van der Waals surface area contributed by atoms with Gasteiger partial charge in [-0.2, -0.15) is 8.42 Å². The first-order valence-corrected chi connectivity index (χ1v) is 7.63. The molecule has 1 aromatic heterocycles. The minimum absolute atomic E-state index is 0.715. The standard InChI is InChI=1S/C11H18N.CH4O3S/c1-3-7-11-8-5-6-10-12(11)9-4-2;1-5(2,3)4/h5-6,8,10H,3-4,7,9H2,1-2H3;1H3,(H,2,3,4)/q+1;. The molecule has 0 aliphatic heterocycles. The SMILES string of the molecule is CCCc1cccc[n+]1CCC.CS(=O)(=O)O. The molecular formula is C12H22NO3S+. The maximum Gasteiger partial charge on any atom is 0.261 e. The molecule has 1 aromatic rings. The minimum Gasteiger partial charge on any atom is -0.286 e. The van der Waals surface area contributed by atoms with Crippen molar-refractivity contribution in [1.82, 2.24) is 0 Å². The zero-order valence-corrected chi connectivity index (χ0v) is 11.6. The molecule has 0 spiro atoms. The molecule has 4 nitrogen and oxygen atoms in total. The molecule has 0 unspecified atom stereocenters. The molecular weight excluding hydrogens is 238 g/mol. The Morgan fingerprint density at radius 1 is 1.24 bits per heavy atom. The lowest BCUT2D eigenvalue weighted by molar-refractivity contribution is -0.704. The van der Waals surface area contributed by atoms with Gasteiger partial charge in [-0.3, -0.25) is 4.55 Å². The molecule has 0 radical (unpaired) electrons. The number of hydrogen-bond donors (Lipinski definition) is 1. The van der Waals surface area contributed by atoms with E-state index in [0.717, 1.165) is 6.54 Å². The van der Waals surface area contributed by atoms with Crippen molar-refractivity contribution in [2.24, 2.45) is 0 Å². The van der Waals surface area contributed by atoms with Gasteiger partial charge in [-0.15, -0.1) is 0 Å². The van der Waals surface area contributed by atoms with Crippen LogP contribution >= 0.6 is 0 Å². The third kappa shape index (κ3) is 9.96. The molecule has 1 N–H and O–H groups in total. The second-order valence-corrected chi connectivity index (χ2v) is 5.33. The van der Waals surface area contributed by atoms with E-state index in [4.69, 9.17) is 4.55 Å². The highest BCUT2D eigenvalue weighted by molar-refractivity contribution is 7.85. The Morgan fingerprint density at radius 3 is 2.29 bits per heavy atom. The second kappa shape index (κ2) is 8.20. The fourth-order valence-corrected chi connectivity index (χ4v) is 1.45. The van der Waals surface area contributed by atoms with Gasteiger partial charge in [-0.25, -0.2) is 4.57 Å². The van der Waals surface area contributed by atoms with Crippen LogP contribution in [0.1, 0.15) is 32.4 Å². The fourth-order valence-electron chi connectivity index (χ4n) is 1.45. The first kappa shape index (κ1) is 16.1. The van der Waals surface area contributed by atoms with E-state index in [0.29, 0.717) is 6.26 Å². The normalized spacial score (nSPS) is 10.6.